The van der Waals surface area contributed by atoms with Crippen molar-refractivity contribution >= 4 is 5.97 Å². The lowest BCUT2D eigenvalue weighted by atomic mass is 9.78. The zero-order valence-corrected chi connectivity index (χ0v) is 16.6. The smallest absolute Gasteiger partial charge is 0.346 e. The molecule has 0 radical (unpaired) electrons. The van der Waals surface area contributed by atoms with E-state index in [1.807, 2.05) is 19.1 Å². The number of hydrogen-bond acceptors (Lipinski definition) is 2. The first-order valence-electron chi connectivity index (χ1n) is 10.3. The third-order valence-electron chi connectivity index (χ3n) is 5.89. The summed E-state index contributed by atoms with van der Waals surface area (Å²) in [5.74, 6) is -1.25. The molecular weight excluding hydrogens is 358 g/mol. The van der Waals surface area contributed by atoms with Crippen molar-refractivity contribution in [3.63, 3.8) is 0 Å². The van der Waals surface area contributed by atoms with Crippen LogP contribution in [0.4, 0.5) is 8.78 Å². The molecule has 3 rings (SSSR count). The van der Waals surface area contributed by atoms with Crippen LogP contribution in [0.2, 0.25) is 0 Å². The number of carbonyl (C=O) groups is 1. The summed E-state index contributed by atoms with van der Waals surface area (Å²) in [7, 11) is 0. The average Bonchev–Trinajstić information content (AvgIpc) is 2.72. The lowest BCUT2D eigenvalue weighted by Crippen LogP contribution is -2.14. The number of hydrogen-bond donors (Lipinski definition) is 0. The molecule has 28 heavy (non-hydrogen) atoms. The van der Waals surface area contributed by atoms with E-state index >= 15 is 0 Å². The summed E-state index contributed by atoms with van der Waals surface area (Å²) in [6.07, 6.45) is 7.27. The highest BCUT2D eigenvalue weighted by Gasteiger charge is 2.22. The maximum atomic E-state index is 14.2. The molecule has 0 amide bonds. The van der Waals surface area contributed by atoms with E-state index in [0.29, 0.717) is 24.5 Å². The quantitative estimate of drug-likeness (QED) is 0.402. The van der Waals surface area contributed by atoms with Gasteiger partial charge >= 0.3 is 5.97 Å². The molecule has 0 aromatic heterocycles. The number of esters is 1. The molecule has 1 aliphatic carbocycles. The molecule has 2 nitrogen and oxygen atoms in total. The SMILES string of the molecule is CCCc1ccc(C(=O)Oc2ccc(C3CCC(CC)CC3)cc2)c(F)c1F. The number of ether oxygens (including phenoxy) is 1. The standard InChI is InChI=1S/C24H28F2O2/c1-3-5-19-12-15-21(23(26)22(19)25)24(27)28-20-13-10-18(11-14-20)17-8-6-16(4-2)7-9-17/h10-17H,3-9H2,1-2H3. The van der Waals surface area contributed by atoms with Crippen molar-refractivity contribution in [1.82, 2.24) is 0 Å². The highest BCUT2D eigenvalue weighted by Crippen LogP contribution is 2.37. The van der Waals surface area contributed by atoms with Gasteiger partial charge in [-0.15, -0.1) is 0 Å². The molecule has 1 saturated carbocycles. The van der Waals surface area contributed by atoms with Crippen molar-refractivity contribution in [2.45, 2.75) is 64.7 Å². The third-order valence-corrected chi connectivity index (χ3v) is 5.89. The molecule has 1 fully saturated rings. The van der Waals surface area contributed by atoms with E-state index in [2.05, 4.69) is 6.92 Å². The molecule has 0 saturated heterocycles. The van der Waals surface area contributed by atoms with E-state index < -0.39 is 17.6 Å². The van der Waals surface area contributed by atoms with Gasteiger partial charge in [-0.25, -0.2) is 13.6 Å². The molecule has 0 unspecified atom stereocenters. The fourth-order valence-electron chi connectivity index (χ4n) is 4.08. The van der Waals surface area contributed by atoms with Crippen LogP contribution in [-0.2, 0) is 6.42 Å². The minimum absolute atomic E-state index is 0.277. The zero-order valence-electron chi connectivity index (χ0n) is 16.6. The van der Waals surface area contributed by atoms with Crippen molar-refractivity contribution in [2.75, 3.05) is 0 Å². The molecule has 1 aliphatic rings. The van der Waals surface area contributed by atoms with Gasteiger partial charge in [0.15, 0.2) is 11.6 Å². The van der Waals surface area contributed by atoms with Gasteiger partial charge in [-0.3, -0.25) is 0 Å². The third kappa shape index (κ3) is 4.60. The largest absolute Gasteiger partial charge is 0.423 e. The average molecular weight is 386 g/mol. The molecule has 0 atom stereocenters. The molecule has 0 spiro atoms. The second kappa shape index (κ2) is 9.31. The number of halogens is 2. The summed E-state index contributed by atoms with van der Waals surface area (Å²) in [5, 5.41) is 0. The lowest BCUT2D eigenvalue weighted by Gasteiger charge is -2.28. The van der Waals surface area contributed by atoms with Crippen molar-refractivity contribution in [1.29, 1.82) is 0 Å². The highest BCUT2D eigenvalue weighted by atomic mass is 19.2. The van der Waals surface area contributed by atoms with Crippen LogP contribution in [0.3, 0.4) is 0 Å². The molecule has 0 bridgehead atoms. The Balaban J connectivity index is 1.66. The topological polar surface area (TPSA) is 26.3 Å². The van der Waals surface area contributed by atoms with Gasteiger partial charge in [0.05, 0.1) is 5.56 Å². The first-order valence-corrected chi connectivity index (χ1v) is 10.3. The monoisotopic (exact) mass is 386 g/mol. The number of rotatable bonds is 6. The molecule has 0 N–H and O–H groups in total. The van der Waals surface area contributed by atoms with Crippen molar-refractivity contribution in [2.24, 2.45) is 5.92 Å². The summed E-state index contributed by atoms with van der Waals surface area (Å²) in [5.41, 5.74) is 1.15. The van der Waals surface area contributed by atoms with Crippen molar-refractivity contribution in [3.8, 4) is 5.75 Å². The Morgan fingerprint density at radius 3 is 2.25 bits per heavy atom. The fourth-order valence-corrected chi connectivity index (χ4v) is 4.08. The number of benzene rings is 2. The Kier molecular flexibility index (Phi) is 6.82. The first-order chi connectivity index (χ1) is 13.5. The van der Waals surface area contributed by atoms with E-state index in [1.54, 1.807) is 12.1 Å². The lowest BCUT2D eigenvalue weighted by molar-refractivity contribution is 0.0728. The Hall–Kier alpha value is -2.23. The fraction of sp³-hybridized carbons (Fsp3) is 0.458. The molecule has 2 aromatic rings. The maximum absolute atomic E-state index is 14.2. The van der Waals surface area contributed by atoms with Crippen molar-refractivity contribution in [3.05, 3.63) is 64.7 Å². The minimum atomic E-state index is -1.14. The molecule has 2 aromatic carbocycles. The second-order valence-electron chi connectivity index (χ2n) is 7.73. The summed E-state index contributed by atoms with van der Waals surface area (Å²) < 4.78 is 33.6. The van der Waals surface area contributed by atoms with Crippen LogP contribution in [0.15, 0.2) is 36.4 Å². The summed E-state index contributed by atoms with van der Waals surface area (Å²) in [4.78, 5) is 12.3. The van der Waals surface area contributed by atoms with Crippen LogP contribution in [0.1, 0.15) is 79.8 Å². The van der Waals surface area contributed by atoms with Gasteiger partial charge in [-0.1, -0.05) is 44.9 Å². The Labute approximate surface area is 165 Å². The van der Waals surface area contributed by atoms with E-state index in [-0.39, 0.29) is 11.1 Å². The van der Waals surface area contributed by atoms with E-state index in [0.717, 1.165) is 5.92 Å². The first kappa shape index (κ1) is 20.5. The van der Waals surface area contributed by atoms with Gasteiger partial charge in [0.25, 0.3) is 0 Å². The van der Waals surface area contributed by atoms with E-state index in [9.17, 15) is 13.6 Å². The predicted molar refractivity (Wildman–Crippen MR) is 107 cm³/mol. The highest BCUT2D eigenvalue weighted by molar-refractivity contribution is 5.91. The van der Waals surface area contributed by atoms with Gasteiger partial charge < -0.3 is 4.74 Å². The molecule has 0 aliphatic heterocycles. The Bertz CT molecular complexity index is 806. The van der Waals surface area contributed by atoms with Gasteiger partial charge in [0, 0.05) is 0 Å². The van der Waals surface area contributed by atoms with Crippen LogP contribution in [-0.4, -0.2) is 5.97 Å². The Morgan fingerprint density at radius 1 is 0.964 bits per heavy atom. The summed E-state index contributed by atoms with van der Waals surface area (Å²) in [6, 6.07) is 10.2. The molecule has 0 heterocycles. The van der Waals surface area contributed by atoms with Gasteiger partial charge in [-0.05, 0) is 73.3 Å². The summed E-state index contributed by atoms with van der Waals surface area (Å²) >= 11 is 0. The van der Waals surface area contributed by atoms with Crippen LogP contribution in [0.25, 0.3) is 0 Å². The van der Waals surface area contributed by atoms with Crippen LogP contribution < -0.4 is 4.74 Å². The van der Waals surface area contributed by atoms with Gasteiger partial charge in [-0.2, -0.15) is 0 Å². The van der Waals surface area contributed by atoms with Crippen molar-refractivity contribution < 1.29 is 18.3 Å². The van der Waals surface area contributed by atoms with Crippen LogP contribution >= 0.6 is 0 Å². The van der Waals surface area contributed by atoms with Crippen LogP contribution in [0, 0.1) is 17.6 Å². The predicted octanol–water partition coefficient (Wildman–Crippen LogP) is 6.82. The molecular formula is C24H28F2O2. The van der Waals surface area contributed by atoms with Gasteiger partial charge in [0.1, 0.15) is 5.75 Å². The Morgan fingerprint density at radius 2 is 1.64 bits per heavy atom. The van der Waals surface area contributed by atoms with E-state index in [4.69, 9.17) is 4.74 Å². The molecule has 150 valence electrons. The maximum Gasteiger partial charge on any atom is 0.346 e. The second-order valence-corrected chi connectivity index (χ2v) is 7.73. The van der Waals surface area contributed by atoms with E-state index in [1.165, 1.54) is 49.8 Å². The zero-order chi connectivity index (χ0) is 20.1. The van der Waals surface area contributed by atoms with Gasteiger partial charge in [0.2, 0.25) is 0 Å². The number of carbonyl (C=O) groups excluding carboxylic acids is 1. The molecule has 4 heteroatoms. The normalized spacial score (nSPS) is 19.4. The summed E-state index contributed by atoms with van der Waals surface area (Å²) in [6.45, 7) is 4.14. The van der Waals surface area contributed by atoms with Crippen LogP contribution in [0.5, 0.6) is 5.75 Å². The number of aryl methyl sites for hydroxylation is 1. The minimum Gasteiger partial charge on any atom is -0.423 e.